The van der Waals surface area contributed by atoms with Crippen LogP contribution in [0.15, 0.2) is 42.6 Å². The number of halogens is 1. The molecule has 2 nitrogen and oxygen atoms in total. The minimum atomic E-state index is 0.858. The predicted molar refractivity (Wildman–Crippen MR) is 83.3 cm³/mol. The van der Waals surface area contributed by atoms with Gasteiger partial charge in [0, 0.05) is 23.8 Å². The number of alkyl halides is 1. The summed E-state index contributed by atoms with van der Waals surface area (Å²) in [6.45, 7) is 1.05. The number of hydrogen-bond donors (Lipinski definition) is 0. The maximum absolute atomic E-state index is 4.61. The molecule has 1 aromatic heterocycles. The Morgan fingerprint density at radius 1 is 1.11 bits per heavy atom. The number of anilines is 2. The van der Waals surface area contributed by atoms with E-state index in [-0.39, 0.29) is 0 Å². The maximum Gasteiger partial charge on any atom is 0.132 e. The molecule has 0 amide bonds. The molecule has 0 aliphatic carbocycles. The van der Waals surface area contributed by atoms with Gasteiger partial charge in [0.2, 0.25) is 0 Å². The first-order valence-corrected chi connectivity index (χ1v) is 7.87. The summed E-state index contributed by atoms with van der Waals surface area (Å²) in [6, 6.07) is 13.0. The van der Waals surface area contributed by atoms with E-state index in [9.17, 15) is 0 Å². The lowest BCUT2D eigenvalue weighted by molar-refractivity contribution is 0.757. The van der Waals surface area contributed by atoms with Gasteiger partial charge in [-0.15, -0.1) is 0 Å². The standard InChI is InChI=1S/C16H17BrN2/c17-11-13-8-9-16(18-12-13)19-10-4-3-6-14-5-1-2-7-15(14)19/h1-2,5,7-9,12H,3-4,6,10-11H2. The first-order valence-electron chi connectivity index (χ1n) is 6.75. The Morgan fingerprint density at radius 2 is 2.00 bits per heavy atom. The van der Waals surface area contributed by atoms with Crippen LogP contribution >= 0.6 is 15.9 Å². The average molecular weight is 317 g/mol. The third-order valence-corrected chi connectivity index (χ3v) is 4.25. The van der Waals surface area contributed by atoms with Crippen LogP contribution in [-0.2, 0) is 11.8 Å². The Labute approximate surface area is 122 Å². The Kier molecular flexibility index (Phi) is 3.83. The highest BCUT2D eigenvalue weighted by Crippen LogP contribution is 2.31. The minimum Gasteiger partial charge on any atom is -0.326 e. The van der Waals surface area contributed by atoms with Gasteiger partial charge in [-0.3, -0.25) is 0 Å². The van der Waals surface area contributed by atoms with Crippen molar-refractivity contribution in [2.24, 2.45) is 0 Å². The van der Waals surface area contributed by atoms with E-state index >= 15 is 0 Å². The zero-order valence-electron chi connectivity index (χ0n) is 10.8. The number of aromatic nitrogens is 1. The van der Waals surface area contributed by atoms with Crippen molar-refractivity contribution in [2.45, 2.75) is 24.6 Å². The summed E-state index contributed by atoms with van der Waals surface area (Å²) in [7, 11) is 0. The van der Waals surface area contributed by atoms with Gasteiger partial charge < -0.3 is 4.90 Å². The van der Waals surface area contributed by atoms with E-state index in [1.54, 1.807) is 0 Å². The Bertz CT molecular complexity index is 551. The van der Waals surface area contributed by atoms with E-state index in [4.69, 9.17) is 0 Å². The molecule has 0 saturated carbocycles. The third kappa shape index (κ3) is 2.66. The van der Waals surface area contributed by atoms with E-state index in [2.05, 4.69) is 62.2 Å². The second-order valence-corrected chi connectivity index (χ2v) is 5.46. The van der Waals surface area contributed by atoms with Gasteiger partial charge in [0.05, 0.1) is 0 Å². The lowest BCUT2D eigenvalue weighted by atomic mass is 10.1. The highest BCUT2D eigenvalue weighted by Gasteiger charge is 2.16. The molecule has 0 fully saturated rings. The number of nitrogens with zero attached hydrogens (tertiary/aromatic N) is 2. The van der Waals surface area contributed by atoms with Crippen LogP contribution in [0.4, 0.5) is 11.5 Å². The van der Waals surface area contributed by atoms with Gasteiger partial charge in [-0.2, -0.15) is 0 Å². The molecule has 0 atom stereocenters. The smallest absolute Gasteiger partial charge is 0.132 e. The summed E-state index contributed by atoms with van der Waals surface area (Å²) in [5, 5.41) is 0.858. The molecule has 98 valence electrons. The SMILES string of the molecule is BrCc1ccc(N2CCCCc3ccccc32)nc1. The second-order valence-electron chi connectivity index (χ2n) is 4.90. The molecule has 2 aromatic rings. The highest BCUT2D eigenvalue weighted by molar-refractivity contribution is 9.08. The molecule has 2 heterocycles. The summed E-state index contributed by atoms with van der Waals surface area (Å²) >= 11 is 3.46. The van der Waals surface area contributed by atoms with Gasteiger partial charge >= 0.3 is 0 Å². The molecule has 19 heavy (non-hydrogen) atoms. The molecule has 1 aromatic carbocycles. The van der Waals surface area contributed by atoms with E-state index in [0.717, 1.165) is 17.7 Å². The molecule has 3 rings (SSSR count). The van der Waals surface area contributed by atoms with Gasteiger partial charge in [0.15, 0.2) is 0 Å². The first-order chi connectivity index (χ1) is 9.38. The minimum absolute atomic E-state index is 0.858. The van der Waals surface area contributed by atoms with Crippen LogP contribution in [0.25, 0.3) is 0 Å². The molecule has 0 spiro atoms. The van der Waals surface area contributed by atoms with E-state index < -0.39 is 0 Å². The molecule has 3 heteroatoms. The normalized spacial score (nSPS) is 14.9. The number of para-hydroxylation sites is 1. The molecule has 1 aliphatic heterocycles. The third-order valence-electron chi connectivity index (χ3n) is 3.60. The van der Waals surface area contributed by atoms with Crippen molar-refractivity contribution in [2.75, 3.05) is 11.4 Å². The van der Waals surface area contributed by atoms with Crippen molar-refractivity contribution in [3.63, 3.8) is 0 Å². The predicted octanol–water partition coefficient (Wildman–Crippen LogP) is 4.45. The molecule has 0 bridgehead atoms. The number of aryl methyl sites for hydroxylation is 1. The van der Waals surface area contributed by atoms with Crippen LogP contribution in [-0.4, -0.2) is 11.5 Å². The number of pyridine rings is 1. The Morgan fingerprint density at radius 3 is 2.79 bits per heavy atom. The largest absolute Gasteiger partial charge is 0.326 e. The zero-order chi connectivity index (χ0) is 13.1. The van der Waals surface area contributed by atoms with Crippen LogP contribution in [0, 0.1) is 0 Å². The van der Waals surface area contributed by atoms with Crippen molar-refractivity contribution in [3.05, 3.63) is 53.7 Å². The highest BCUT2D eigenvalue weighted by atomic mass is 79.9. The molecular weight excluding hydrogens is 300 g/mol. The molecule has 1 aliphatic rings. The van der Waals surface area contributed by atoms with Crippen LogP contribution in [0.2, 0.25) is 0 Å². The van der Waals surface area contributed by atoms with Crippen LogP contribution < -0.4 is 4.90 Å². The molecule has 0 N–H and O–H groups in total. The average Bonchev–Trinajstić information content (AvgIpc) is 2.70. The number of benzene rings is 1. The monoisotopic (exact) mass is 316 g/mol. The number of hydrogen-bond acceptors (Lipinski definition) is 2. The lowest BCUT2D eigenvalue weighted by Gasteiger charge is -2.24. The fraction of sp³-hybridized carbons (Fsp3) is 0.312. The summed E-state index contributed by atoms with van der Waals surface area (Å²) in [6.07, 6.45) is 5.60. The fourth-order valence-corrected chi connectivity index (χ4v) is 2.92. The van der Waals surface area contributed by atoms with Gasteiger partial charge in [-0.1, -0.05) is 40.2 Å². The Balaban J connectivity index is 1.99. The van der Waals surface area contributed by atoms with E-state index in [1.807, 2.05) is 6.20 Å². The lowest BCUT2D eigenvalue weighted by Crippen LogP contribution is -2.19. The molecule has 0 saturated heterocycles. The summed E-state index contributed by atoms with van der Waals surface area (Å²) < 4.78 is 0. The summed E-state index contributed by atoms with van der Waals surface area (Å²) in [4.78, 5) is 6.96. The summed E-state index contributed by atoms with van der Waals surface area (Å²) in [5.74, 6) is 1.05. The molecule has 0 unspecified atom stereocenters. The maximum atomic E-state index is 4.61. The molecular formula is C16H17BrN2. The zero-order valence-corrected chi connectivity index (χ0v) is 12.4. The van der Waals surface area contributed by atoms with Crippen LogP contribution in [0.1, 0.15) is 24.0 Å². The quantitative estimate of drug-likeness (QED) is 0.761. The number of rotatable bonds is 2. The number of fused-ring (bicyclic) bond motifs is 1. The second kappa shape index (κ2) is 5.74. The summed E-state index contributed by atoms with van der Waals surface area (Å²) in [5.41, 5.74) is 3.97. The van der Waals surface area contributed by atoms with Crippen molar-refractivity contribution < 1.29 is 0 Å². The fourth-order valence-electron chi connectivity index (χ4n) is 2.58. The van der Waals surface area contributed by atoms with Gasteiger partial charge in [-0.25, -0.2) is 4.98 Å². The van der Waals surface area contributed by atoms with E-state index in [1.165, 1.54) is 36.1 Å². The first kappa shape index (κ1) is 12.7. The van der Waals surface area contributed by atoms with Crippen molar-refractivity contribution >= 4 is 27.4 Å². The topological polar surface area (TPSA) is 16.1 Å². The van der Waals surface area contributed by atoms with Crippen molar-refractivity contribution in [1.29, 1.82) is 0 Å². The van der Waals surface area contributed by atoms with Crippen molar-refractivity contribution in [1.82, 2.24) is 4.98 Å². The van der Waals surface area contributed by atoms with Crippen LogP contribution in [0.5, 0.6) is 0 Å². The van der Waals surface area contributed by atoms with Crippen molar-refractivity contribution in [3.8, 4) is 0 Å². The van der Waals surface area contributed by atoms with Gasteiger partial charge in [0.1, 0.15) is 5.82 Å². The molecule has 0 radical (unpaired) electrons. The van der Waals surface area contributed by atoms with E-state index in [0.29, 0.717) is 0 Å². The van der Waals surface area contributed by atoms with Crippen LogP contribution in [0.3, 0.4) is 0 Å². The Hall–Kier alpha value is -1.35. The van der Waals surface area contributed by atoms with Gasteiger partial charge in [0.25, 0.3) is 0 Å². The van der Waals surface area contributed by atoms with Gasteiger partial charge in [-0.05, 0) is 42.5 Å².